The molecule has 0 radical (unpaired) electrons. The van der Waals surface area contributed by atoms with Crippen LogP contribution < -0.4 is 0 Å². The van der Waals surface area contributed by atoms with Crippen LogP contribution in [0, 0.1) is 0 Å². The van der Waals surface area contributed by atoms with Crippen LogP contribution in [-0.4, -0.2) is 13.2 Å². The highest BCUT2D eigenvalue weighted by molar-refractivity contribution is 7.53. The van der Waals surface area contributed by atoms with Crippen LogP contribution in [0.4, 0.5) is 0 Å². The lowest BCUT2D eigenvalue weighted by Gasteiger charge is -2.17. The molecule has 6 heteroatoms. The van der Waals surface area contributed by atoms with Crippen molar-refractivity contribution < 1.29 is 18.0 Å². The number of benzene rings is 2. The SMILES string of the molecule is CCOP(=O)(Cc1ccc(-c2cc3cc(Cl)ccc3o2)cc1)OCC. The minimum atomic E-state index is -3.10. The summed E-state index contributed by atoms with van der Waals surface area (Å²) in [6, 6.07) is 15.2. The molecule has 132 valence electrons. The van der Waals surface area contributed by atoms with Crippen molar-refractivity contribution in [2.24, 2.45) is 0 Å². The second-order valence-electron chi connectivity index (χ2n) is 5.59. The van der Waals surface area contributed by atoms with Gasteiger partial charge >= 0.3 is 7.60 Å². The smallest absolute Gasteiger partial charge is 0.335 e. The molecule has 0 unspecified atom stereocenters. The first-order chi connectivity index (χ1) is 12.0. The minimum Gasteiger partial charge on any atom is -0.456 e. The molecule has 0 saturated heterocycles. The Hall–Kier alpha value is -1.58. The first-order valence-corrected chi connectivity index (χ1v) is 10.3. The summed E-state index contributed by atoms with van der Waals surface area (Å²) in [6.45, 7) is 4.33. The molecule has 0 bridgehead atoms. The molecule has 0 aliphatic rings. The van der Waals surface area contributed by atoms with Gasteiger partial charge in [0.2, 0.25) is 0 Å². The van der Waals surface area contributed by atoms with E-state index in [9.17, 15) is 4.57 Å². The fraction of sp³-hybridized carbons (Fsp3) is 0.263. The number of rotatable bonds is 7. The first-order valence-electron chi connectivity index (χ1n) is 8.19. The highest BCUT2D eigenvalue weighted by Crippen LogP contribution is 2.51. The Morgan fingerprint density at radius 1 is 1.00 bits per heavy atom. The molecule has 0 fully saturated rings. The van der Waals surface area contributed by atoms with Crippen molar-refractivity contribution in [3.8, 4) is 11.3 Å². The van der Waals surface area contributed by atoms with E-state index >= 15 is 0 Å². The predicted octanol–water partition coefficient (Wildman–Crippen LogP) is 6.52. The molecule has 1 heterocycles. The highest BCUT2D eigenvalue weighted by atomic mass is 35.5. The van der Waals surface area contributed by atoms with Crippen molar-refractivity contribution in [1.82, 2.24) is 0 Å². The second kappa shape index (κ2) is 7.76. The van der Waals surface area contributed by atoms with Gasteiger partial charge in [-0.05, 0) is 43.7 Å². The van der Waals surface area contributed by atoms with Crippen LogP contribution in [0.3, 0.4) is 0 Å². The third-order valence-corrected chi connectivity index (χ3v) is 6.04. The summed E-state index contributed by atoms with van der Waals surface area (Å²) >= 11 is 6.02. The molecule has 3 aromatic rings. The highest BCUT2D eigenvalue weighted by Gasteiger charge is 2.24. The zero-order valence-electron chi connectivity index (χ0n) is 14.2. The van der Waals surface area contributed by atoms with Crippen molar-refractivity contribution in [3.05, 3.63) is 59.1 Å². The zero-order valence-corrected chi connectivity index (χ0v) is 15.8. The van der Waals surface area contributed by atoms with E-state index < -0.39 is 7.60 Å². The summed E-state index contributed by atoms with van der Waals surface area (Å²) in [5, 5.41) is 1.64. The maximum Gasteiger partial charge on any atom is 0.335 e. The number of hydrogen-bond acceptors (Lipinski definition) is 4. The Morgan fingerprint density at radius 2 is 1.68 bits per heavy atom. The topological polar surface area (TPSA) is 48.7 Å². The van der Waals surface area contributed by atoms with E-state index in [-0.39, 0.29) is 6.16 Å². The molecule has 0 atom stereocenters. The summed E-state index contributed by atoms with van der Waals surface area (Å²) in [7, 11) is -3.10. The Bertz CT molecular complexity index is 891. The van der Waals surface area contributed by atoms with E-state index in [1.165, 1.54) is 0 Å². The molecule has 25 heavy (non-hydrogen) atoms. The third kappa shape index (κ3) is 4.34. The van der Waals surface area contributed by atoms with Gasteiger partial charge < -0.3 is 13.5 Å². The largest absolute Gasteiger partial charge is 0.456 e. The van der Waals surface area contributed by atoms with Gasteiger partial charge in [0.1, 0.15) is 11.3 Å². The fourth-order valence-electron chi connectivity index (χ4n) is 2.68. The summed E-state index contributed by atoms with van der Waals surface area (Å²) in [4.78, 5) is 0. The molecule has 3 rings (SSSR count). The van der Waals surface area contributed by atoms with Crippen LogP contribution >= 0.6 is 19.2 Å². The van der Waals surface area contributed by atoms with Crippen LogP contribution in [0.15, 0.2) is 52.9 Å². The molecular weight excluding hydrogens is 359 g/mol. The van der Waals surface area contributed by atoms with Gasteiger partial charge in [0.15, 0.2) is 0 Å². The molecule has 0 saturated carbocycles. The lowest BCUT2D eigenvalue weighted by molar-refractivity contribution is 0.219. The molecule has 0 spiro atoms. The van der Waals surface area contributed by atoms with E-state index in [4.69, 9.17) is 25.1 Å². The summed E-state index contributed by atoms with van der Waals surface area (Å²) < 4.78 is 29.2. The lowest BCUT2D eigenvalue weighted by Crippen LogP contribution is -1.99. The van der Waals surface area contributed by atoms with E-state index in [0.29, 0.717) is 18.2 Å². The van der Waals surface area contributed by atoms with E-state index in [2.05, 4.69) is 0 Å². The van der Waals surface area contributed by atoms with E-state index in [1.54, 1.807) is 6.07 Å². The molecule has 1 aromatic heterocycles. The predicted molar refractivity (Wildman–Crippen MR) is 101 cm³/mol. The van der Waals surface area contributed by atoms with Crippen molar-refractivity contribution >= 4 is 30.2 Å². The average Bonchev–Trinajstić information content (AvgIpc) is 2.99. The molecule has 0 amide bonds. The second-order valence-corrected chi connectivity index (χ2v) is 8.09. The molecule has 4 nitrogen and oxygen atoms in total. The van der Waals surface area contributed by atoms with Crippen LogP contribution in [0.5, 0.6) is 0 Å². The van der Waals surface area contributed by atoms with Gasteiger partial charge in [0, 0.05) is 16.0 Å². The van der Waals surface area contributed by atoms with Crippen LogP contribution in [0.1, 0.15) is 19.4 Å². The van der Waals surface area contributed by atoms with Crippen LogP contribution in [0.2, 0.25) is 5.02 Å². The molecule has 2 aromatic carbocycles. The maximum atomic E-state index is 12.6. The maximum absolute atomic E-state index is 12.6. The van der Waals surface area contributed by atoms with Gasteiger partial charge in [-0.25, -0.2) is 0 Å². The van der Waals surface area contributed by atoms with Gasteiger partial charge in [0.25, 0.3) is 0 Å². The monoisotopic (exact) mass is 378 g/mol. The van der Waals surface area contributed by atoms with E-state index in [0.717, 1.165) is 27.9 Å². The Morgan fingerprint density at radius 3 is 2.32 bits per heavy atom. The third-order valence-electron chi connectivity index (χ3n) is 3.74. The Labute approximate surface area is 152 Å². The molecular formula is C19H20ClO4P. The lowest BCUT2D eigenvalue weighted by atomic mass is 10.1. The van der Waals surface area contributed by atoms with Gasteiger partial charge in [-0.3, -0.25) is 4.57 Å². The van der Waals surface area contributed by atoms with E-state index in [1.807, 2.05) is 56.3 Å². The zero-order chi connectivity index (χ0) is 17.9. The summed E-state index contributed by atoms with van der Waals surface area (Å²) in [6.07, 6.45) is 0.255. The molecule has 0 aliphatic carbocycles. The fourth-order valence-corrected chi connectivity index (χ4v) is 4.56. The van der Waals surface area contributed by atoms with Crippen molar-refractivity contribution in [2.45, 2.75) is 20.0 Å². The number of furan rings is 1. The van der Waals surface area contributed by atoms with Gasteiger partial charge in [0.05, 0.1) is 19.4 Å². The standard InChI is InChI=1S/C19H20ClO4P/c1-3-22-25(21,23-4-2)13-14-5-7-15(8-6-14)19-12-16-11-17(20)9-10-18(16)24-19/h5-12H,3-4,13H2,1-2H3. The Balaban J connectivity index is 1.82. The quantitative estimate of drug-likeness (QED) is 0.439. The van der Waals surface area contributed by atoms with Crippen molar-refractivity contribution in [1.29, 1.82) is 0 Å². The van der Waals surface area contributed by atoms with Gasteiger partial charge in [-0.15, -0.1) is 0 Å². The van der Waals surface area contributed by atoms with Gasteiger partial charge in [-0.1, -0.05) is 35.9 Å². The van der Waals surface area contributed by atoms with Gasteiger partial charge in [-0.2, -0.15) is 0 Å². The first kappa shape index (κ1) is 18.2. The summed E-state index contributed by atoms with van der Waals surface area (Å²) in [5.74, 6) is 0.765. The van der Waals surface area contributed by atoms with Crippen molar-refractivity contribution in [2.75, 3.05) is 13.2 Å². The van der Waals surface area contributed by atoms with Crippen LogP contribution in [0.25, 0.3) is 22.3 Å². The van der Waals surface area contributed by atoms with Crippen LogP contribution in [-0.2, 0) is 19.8 Å². The number of halogens is 1. The molecule has 0 aliphatic heterocycles. The summed E-state index contributed by atoms with van der Waals surface area (Å²) in [5.41, 5.74) is 2.63. The Kier molecular flexibility index (Phi) is 5.65. The van der Waals surface area contributed by atoms with Crippen molar-refractivity contribution in [3.63, 3.8) is 0 Å². The normalized spacial score (nSPS) is 12.0. The number of fused-ring (bicyclic) bond motifs is 1. The average molecular weight is 379 g/mol. The molecule has 0 N–H and O–H groups in total. The number of hydrogen-bond donors (Lipinski definition) is 0. The minimum absolute atomic E-state index is 0.255.